The summed E-state index contributed by atoms with van der Waals surface area (Å²) in [6.45, 7) is 1.97. The third-order valence-electron chi connectivity index (χ3n) is 1.84. The molecule has 1 rings (SSSR count). The molecule has 0 aromatic heterocycles. The van der Waals surface area contributed by atoms with Crippen LogP contribution in [0, 0.1) is 6.92 Å². The van der Waals surface area contributed by atoms with E-state index in [2.05, 4.69) is 0 Å². The van der Waals surface area contributed by atoms with E-state index < -0.39 is 0 Å². The predicted molar refractivity (Wildman–Crippen MR) is 64.5 cm³/mol. The van der Waals surface area contributed by atoms with E-state index >= 15 is 0 Å². The van der Waals surface area contributed by atoms with E-state index in [0.717, 1.165) is 11.1 Å². The first-order valence-electron chi connectivity index (χ1n) is 4.14. The first-order chi connectivity index (χ1) is 6.50. The Kier molecular flexibility index (Phi) is 3.09. The zero-order chi connectivity index (χ0) is 10.7. The van der Waals surface area contributed by atoms with Crippen LogP contribution in [0.25, 0.3) is 6.08 Å². The highest BCUT2D eigenvalue weighted by Gasteiger charge is 1.98. The van der Waals surface area contributed by atoms with Gasteiger partial charge in [0.25, 0.3) is 0 Å². The van der Waals surface area contributed by atoms with Crippen molar-refractivity contribution in [3.8, 4) is 0 Å². The first-order valence-corrected chi connectivity index (χ1v) is 4.54. The molecular weight excluding hydrogens is 194 g/mol. The minimum Gasteiger partial charge on any atom is -0.398 e. The van der Waals surface area contributed by atoms with E-state index in [9.17, 15) is 0 Å². The molecule has 0 bridgehead atoms. The second-order valence-electron chi connectivity index (χ2n) is 3.10. The maximum atomic E-state index is 5.79. The van der Waals surface area contributed by atoms with Crippen molar-refractivity contribution in [1.29, 1.82) is 0 Å². The lowest BCUT2D eigenvalue weighted by Crippen LogP contribution is -2.17. The largest absolute Gasteiger partial charge is 0.398 e. The number of anilines is 1. The predicted octanol–water partition coefficient (Wildman–Crippen LogP) is 1.16. The van der Waals surface area contributed by atoms with Crippen molar-refractivity contribution in [3.63, 3.8) is 0 Å². The summed E-state index contributed by atoms with van der Waals surface area (Å²) < 4.78 is 0. The molecule has 14 heavy (non-hydrogen) atoms. The van der Waals surface area contributed by atoms with Crippen molar-refractivity contribution in [2.45, 2.75) is 6.92 Å². The Morgan fingerprint density at radius 1 is 1.36 bits per heavy atom. The molecule has 0 aliphatic rings. The van der Waals surface area contributed by atoms with Crippen molar-refractivity contribution in [2.24, 2.45) is 11.5 Å². The van der Waals surface area contributed by atoms with E-state index in [1.807, 2.05) is 25.1 Å². The van der Waals surface area contributed by atoms with E-state index in [1.165, 1.54) is 0 Å². The molecule has 4 heteroatoms. The monoisotopic (exact) mass is 207 g/mol. The number of benzene rings is 1. The number of nitrogen functional groups attached to an aromatic ring is 1. The van der Waals surface area contributed by atoms with Crippen LogP contribution in [-0.4, -0.2) is 4.99 Å². The Balaban J connectivity index is 3.09. The number of thiocarbonyl (C=S) groups is 1. The maximum absolute atomic E-state index is 5.79. The minimum absolute atomic E-state index is 0.185. The summed E-state index contributed by atoms with van der Waals surface area (Å²) in [5.74, 6) is 0. The van der Waals surface area contributed by atoms with Crippen molar-refractivity contribution in [3.05, 3.63) is 35.0 Å². The molecule has 3 nitrogen and oxygen atoms in total. The molecule has 6 N–H and O–H groups in total. The van der Waals surface area contributed by atoms with Crippen LogP contribution in [0.3, 0.4) is 0 Å². The Hall–Kier alpha value is -1.55. The van der Waals surface area contributed by atoms with Gasteiger partial charge in [-0.1, -0.05) is 24.4 Å². The zero-order valence-electron chi connectivity index (χ0n) is 7.95. The van der Waals surface area contributed by atoms with Gasteiger partial charge in [0.05, 0.1) is 5.70 Å². The second kappa shape index (κ2) is 4.11. The van der Waals surface area contributed by atoms with Crippen LogP contribution < -0.4 is 17.2 Å². The van der Waals surface area contributed by atoms with Gasteiger partial charge in [-0.25, -0.2) is 0 Å². The summed E-state index contributed by atoms with van der Waals surface area (Å²) in [4.78, 5) is 0.185. The minimum atomic E-state index is 0.185. The highest BCUT2D eigenvalue weighted by Crippen LogP contribution is 2.16. The van der Waals surface area contributed by atoms with Crippen LogP contribution in [0.5, 0.6) is 0 Å². The van der Waals surface area contributed by atoms with Gasteiger partial charge in [-0.05, 0) is 30.2 Å². The molecule has 0 radical (unpaired) electrons. The van der Waals surface area contributed by atoms with E-state index in [0.29, 0.717) is 11.4 Å². The smallest absolute Gasteiger partial charge is 0.119 e. The van der Waals surface area contributed by atoms with Crippen molar-refractivity contribution < 1.29 is 0 Å². The summed E-state index contributed by atoms with van der Waals surface area (Å²) >= 11 is 4.73. The Labute approximate surface area is 88.6 Å². The molecule has 1 aromatic carbocycles. The van der Waals surface area contributed by atoms with Gasteiger partial charge in [-0.2, -0.15) is 0 Å². The second-order valence-corrected chi connectivity index (χ2v) is 3.54. The molecule has 0 spiro atoms. The Bertz CT molecular complexity index is 396. The highest BCUT2D eigenvalue weighted by atomic mass is 32.1. The summed E-state index contributed by atoms with van der Waals surface area (Å²) in [5.41, 5.74) is 19.7. The van der Waals surface area contributed by atoms with E-state index in [-0.39, 0.29) is 4.99 Å². The molecule has 0 fully saturated rings. The van der Waals surface area contributed by atoms with Gasteiger partial charge in [-0.3, -0.25) is 0 Å². The normalized spacial score (nSPS) is 11.4. The van der Waals surface area contributed by atoms with Crippen LogP contribution >= 0.6 is 12.2 Å². The van der Waals surface area contributed by atoms with Gasteiger partial charge in [0, 0.05) is 5.69 Å². The van der Waals surface area contributed by atoms with Crippen LogP contribution in [-0.2, 0) is 0 Å². The molecule has 1 aromatic rings. The number of hydrogen-bond acceptors (Lipinski definition) is 3. The fourth-order valence-corrected chi connectivity index (χ4v) is 1.12. The van der Waals surface area contributed by atoms with Crippen molar-refractivity contribution in [2.75, 3.05) is 5.73 Å². The van der Waals surface area contributed by atoms with Gasteiger partial charge in [0.15, 0.2) is 0 Å². The molecule has 0 saturated heterocycles. The van der Waals surface area contributed by atoms with Crippen LogP contribution in [0.15, 0.2) is 23.9 Å². The topological polar surface area (TPSA) is 78.1 Å². The van der Waals surface area contributed by atoms with Crippen LogP contribution in [0.1, 0.15) is 11.1 Å². The molecule has 0 saturated carbocycles. The van der Waals surface area contributed by atoms with Gasteiger partial charge >= 0.3 is 0 Å². The van der Waals surface area contributed by atoms with Crippen LogP contribution in [0.4, 0.5) is 5.69 Å². The van der Waals surface area contributed by atoms with Gasteiger partial charge in [-0.15, -0.1) is 0 Å². The number of aryl methyl sites for hydroxylation is 1. The molecular formula is C10H13N3S. The summed E-state index contributed by atoms with van der Waals surface area (Å²) in [5, 5.41) is 0. The fraction of sp³-hybridized carbons (Fsp3) is 0.100. The quantitative estimate of drug-likeness (QED) is 0.386. The lowest BCUT2D eigenvalue weighted by atomic mass is 10.1. The summed E-state index contributed by atoms with van der Waals surface area (Å²) in [6.07, 6.45) is 1.68. The van der Waals surface area contributed by atoms with Gasteiger partial charge in [0.1, 0.15) is 4.99 Å². The Morgan fingerprint density at radius 2 is 2.00 bits per heavy atom. The average Bonchev–Trinajstić information content (AvgIpc) is 2.09. The summed E-state index contributed by atoms with van der Waals surface area (Å²) in [7, 11) is 0. The lowest BCUT2D eigenvalue weighted by molar-refractivity contribution is 1.44. The molecule has 0 amide bonds. The summed E-state index contributed by atoms with van der Waals surface area (Å²) in [6, 6.07) is 5.71. The molecule has 0 aliphatic carbocycles. The Morgan fingerprint density at radius 3 is 2.50 bits per heavy atom. The third kappa shape index (κ3) is 2.47. The van der Waals surface area contributed by atoms with Crippen molar-refractivity contribution in [1.82, 2.24) is 0 Å². The zero-order valence-corrected chi connectivity index (χ0v) is 8.77. The lowest BCUT2D eigenvalue weighted by Gasteiger charge is -2.03. The number of nitrogens with two attached hydrogens (primary N) is 3. The number of rotatable bonds is 2. The average molecular weight is 207 g/mol. The van der Waals surface area contributed by atoms with E-state index in [4.69, 9.17) is 29.4 Å². The highest BCUT2D eigenvalue weighted by molar-refractivity contribution is 7.80. The molecule has 0 heterocycles. The molecule has 0 unspecified atom stereocenters. The van der Waals surface area contributed by atoms with Crippen LogP contribution in [0.2, 0.25) is 0 Å². The standard InChI is InChI=1S/C10H13N3S/c1-6-2-3-7(8(11)4-6)5-9(12)10(13)14/h2-5H,11-12H2,1H3,(H2,13,14)/b9-5-. The van der Waals surface area contributed by atoms with E-state index in [1.54, 1.807) is 6.08 Å². The first kappa shape index (κ1) is 10.5. The molecule has 0 aliphatic heterocycles. The maximum Gasteiger partial charge on any atom is 0.119 e. The number of hydrogen-bond donors (Lipinski definition) is 3. The fourth-order valence-electron chi connectivity index (χ4n) is 1.06. The third-order valence-corrected chi connectivity index (χ3v) is 2.07. The molecule has 0 atom stereocenters. The SMILES string of the molecule is Cc1ccc(/C=C(\N)C(N)=S)c(N)c1. The van der Waals surface area contributed by atoms with Gasteiger partial charge in [0.2, 0.25) is 0 Å². The van der Waals surface area contributed by atoms with Gasteiger partial charge < -0.3 is 17.2 Å². The molecule has 74 valence electrons. The van der Waals surface area contributed by atoms with Crippen molar-refractivity contribution >= 4 is 29.0 Å².